The number of benzene rings is 1. The summed E-state index contributed by atoms with van der Waals surface area (Å²) in [5.74, 6) is 1.18. The summed E-state index contributed by atoms with van der Waals surface area (Å²) in [6.45, 7) is 8.75. The van der Waals surface area contributed by atoms with Crippen molar-refractivity contribution in [3.63, 3.8) is 0 Å². The zero-order valence-electron chi connectivity index (χ0n) is 16.4. The van der Waals surface area contributed by atoms with Gasteiger partial charge in [0.25, 0.3) is 0 Å². The number of hydrogen-bond acceptors (Lipinski definition) is 4. The third kappa shape index (κ3) is 4.24. The lowest BCUT2D eigenvalue weighted by Gasteiger charge is -2.25. The third-order valence-corrected chi connectivity index (χ3v) is 5.69. The van der Waals surface area contributed by atoms with Crippen LogP contribution in [0.4, 0.5) is 4.79 Å². The zero-order valence-corrected chi connectivity index (χ0v) is 16.4. The van der Waals surface area contributed by atoms with Gasteiger partial charge >= 0.3 is 6.09 Å². The summed E-state index contributed by atoms with van der Waals surface area (Å²) in [6, 6.07) is 10.7. The Labute approximate surface area is 161 Å². The van der Waals surface area contributed by atoms with E-state index in [1.165, 1.54) is 17.4 Å². The molecule has 27 heavy (non-hydrogen) atoms. The maximum Gasteiger partial charge on any atom is 0.407 e. The molecule has 0 radical (unpaired) electrons. The van der Waals surface area contributed by atoms with Crippen LogP contribution in [-0.2, 0) is 11.3 Å². The summed E-state index contributed by atoms with van der Waals surface area (Å²) in [5.41, 5.74) is 1.85. The molecule has 2 aliphatic rings. The Kier molecular flexibility index (Phi) is 4.81. The van der Waals surface area contributed by atoms with Gasteiger partial charge in [-0.05, 0) is 63.1 Å². The number of pyridine rings is 1. The second kappa shape index (κ2) is 7.12. The Bertz CT molecular complexity index is 830. The van der Waals surface area contributed by atoms with Crippen LogP contribution in [-0.4, -0.2) is 40.7 Å². The molecule has 0 spiro atoms. The molecule has 1 amide bonds. The number of nitrogens with zero attached hydrogens (tertiary/aromatic N) is 2. The molecule has 1 aromatic carbocycles. The molecule has 1 aliphatic heterocycles. The van der Waals surface area contributed by atoms with Crippen molar-refractivity contribution in [2.75, 3.05) is 13.1 Å². The van der Waals surface area contributed by atoms with E-state index in [1.54, 1.807) is 0 Å². The van der Waals surface area contributed by atoms with Gasteiger partial charge in [0.2, 0.25) is 0 Å². The fraction of sp³-hybridized carbons (Fsp3) is 0.545. The first kappa shape index (κ1) is 18.2. The average molecular weight is 367 g/mol. The lowest BCUT2D eigenvalue weighted by atomic mass is 9.98. The maximum atomic E-state index is 12.1. The fourth-order valence-electron chi connectivity index (χ4n) is 4.59. The number of rotatable bonds is 3. The summed E-state index contributed by atoms with van der Waals surface area (Å²) in [5, 5.41) is 4.31. The predicted octanol–water partition coefficient (Wildman–Crippen LogP) is 3.97. The van der Waals surface area contributed by atoms with Crippen LogP contribution in [0, 0.1) is 11.8 Å². The molecule has 4 rings (SSSR count). The van der Waals surface area contributed by atoms with Crippen LogP contribution in [0.25, 0.3) is 10.9 Å². The van der Waals surface area contributed by atoms with Gasteiger partial charge in [0.1, 0.15) is 5.60 Å². The first-order chi connectivity index (χ1) is 12.9. The normalized spacial score (nSPS) is 25.5. The van der Waals surface area contributed by atoms with Gasteiger partial charge in [0.15, 0.2) is 0 Å². The molecule has 1 saturated carbocycles. The summed E-state index contributed by atoms with van der Waals surface area (Å²) in [4.78, 5) is 19.2. The van der Waals surface area contributed by atoms with E-state index in [9.17, 15) is 4.79 Å². The van der Waals surface area contributed by atoms with Crippen LogP contribution >= 0.6 is 0 Å². The molecule has 2 aromatic rings. The number of hydrogen-bond donors (Lipinski definition) is 1. The number of fused-ring (bicyclic) bond motifs is 2. The molecule has 0 bridgehead atoms. The van der Waals surface area contributed by atoms with Crippen molar-refractivity contribution in [1.29, 1.82) is 0 Å². The van der Waals surface area contributed by atoms with Gasteiger partial charge < -0.3 is 10.1 Å². The van der Waals surface area contributed by atoms with E-state index < -0.39 is 5.60 Å². The standard InChI is InChI=1S/C22H29N3O2/c1-22(2,3)27-21(26)24-20-9-8-17-13-25(14-18(17)20)12-15-10-16-6-4-5-7-19(16)23-11-15/h4-7,10-11,17-18,20H,8-9,12-14H2,1-3H3,(H,24,26). The predicted molar refractivity (Wildman–Crippen MR) is 106 cm³/mol. The van der Waals surface area contributed by atoms with E-state index >= 15 is 0 Å². The Hall–Kier alpha value is -2.14. The van der Waals surface area contributed by atoms with Crippen molar-refractivity contribution in [3.8, 4) is 0 Å². The highest BCUT2D eigenvalue weighted by atomic mass is 16.6. The summed E-state index contributed by atoms with van der Waals surface area (Å²) in [6.07, 6.45) is 3.94. The van der Waals surface area contributed by atoms with Crippen molar-refractivity contribution in [1.82, 2.24) is 15.2 Å². The molecule has 1 aliphatic carbocycles. The van der Waals surface area contributed by atoms with Gasteiger partial charge in [-0.2, -0.15) is 0 Å². The van der Waals surface area contributed by atoms with Gasteiger partial charge in [0, 0.05) is 37.3 Å². The third-order valence-electron chi connectivity index (χ3n) is 5.69. The van der Waals surface area contributed by atoms with E-state index in [0.717, 1.165) is 31.6 Å². The van der Waals surface area contributed by atoms with Crippen molar-refractivity contribution in [3.05, 3.63) is 42.1 Å². The second-order valence-electron chi connectivity index (χ2n) is 8.98. The minimum Gasteiger partial charge on any atom is -0.444 e. The van der Waals surface area contributed by atoms with Crippen molar-refractivity contribution >= 4 is 17.0 Å². The van der Waals surface area contributed by atoms with Gasteiger partial charge in [-0.25, -0.2) is 4.79 Å². The number of nitrogens with one attached hydrogen (secondary N) is 1. The minimum absolute atomic E-state index is 0.226. The number of alkyl carbamates (subject to hydrolysis) is 1. The highest BCUT2D eigenvalue weighted by Crippen LogP contribution is 2.38. The number of likely N-dealkylation sites (tertiary alicyclic amines) is 1. The topological polar surface area (TPSA) is 54.5 Å². The molecule has 3 atom stereocenters. The number of carbonyl (C=O) groups excluding carboxylic acids is 1. The average Bonchev–Trinajstić information content (AvgIpc) is 3.14. The Morgan fingerprint density at radius 2 is 2.07 bits per heavy atom. The fourth-order valence-corrected chi connectivity index (χ4v) is 4.59. The smallest absolute Gasteiger partial charge is 0.407 e. The van der Waals surface area contributed by atoms with Gasteiger partial charge in [-0.1, -0.05) is 18.2 Å². The van der Waals surface area contributed by atoms with Crippen LogP contribution in [0.3, 0.4) is 0 Å². The molecule has 1 aromatic heterocycles. The maximum absolute atomic E-state index is 12.1. The zero-order chi connectivity index (χ0) is 19.0. The van der Waals surface area contributed by atoms with E-state index in [4.69, 9.17) is 4.74 Å². The Morgan fingerprint density at radius 1 is 1.26 bits per heavy atom. The lowest BCUT2D eigenvalue weighted by Crippen LogP contribution is -2.42. The van der Waals surface area contributed by atoms with E-state index in [1.807, 2.05) is 39.1 Å². The van der Waals surface area contributed by atoms with Crippen molar-refractivity contribution in [2.24, 2.45) is 11.8 Å². The van der Waals surface area contributed by atoms with Gasteiger partial charge in [0.05, 0.1) is 5.52 Å². The Balaban J connectivity index is 1.37. The van der Waals surface area contributed by atoms with Crippen LogP contribution < -0.4 is 5.32 Å². The van der Waals surface area contributed by atoms with Gasteiger partial charge in [-0.3, -0.25) is 9.88 Å². The molecule has 3 unspecified atom stereocenters. The van der Waals surface area contributed by atoms with Crippen molar-refractivity contribution in [2.45, 2.75) is 51.8 Å². The van der Waals surface area contributed by atoms with E-state index in [2.05, 4.69) is 33.4 Å². The highest BCUT2D eigenvalue weighted by Gasteiger charge is 2.43. The lowest BCUT2D eigenvalue weighted by molar-refractivity contribution is 0.0491. The molecule has 2 fully saturated rings. The summed E-state index contributed by atoms with van der Waals surface area (Å²) >= 11 is 0. The Morgan fingerprint density at radius 3 is 2.89 bits per heavy atom. The highest BCUT2D eigenvalue weighted by molar-refractivity contribution is 5.78. The van der Waals surface area contributed by atoms with Crippen LogP contribution in [0.2, 0.25) is 0 Å². The number of carbonyl (C=O) groups is 1. The monoisotopic (exact) mass is 367 g/mol. The molecular formula is C22H29N3O2. The van der Waals surface area contributed by atoms with Gasteiger partial charge in [-0.15, -0.1) is 0 Å². The minimum atomic E-state index is -0.452. The summed E-state index contributed by atoms with van der Waals surface area (Å²) < 4.78 is 5.44. The van der Waals surface area contributed by atoms with E-state index in [0.29, 0.717) is 11.8 Å². The van der Waals surface area contributed by atoms with Crippen LogP contribution in [0.1, 0.15) is 39.2 Å². The number of amides is 1. The number of para-hydroxylation sites is 1. The molecule has 2 heterocycles. The summed E-state index contributed by atoms with van der Waals surface area (Å²) in [7, 11) is 0. The number of aromatic nitrogens is 1. The molecule has 1 saturated heterocycles. The molecule has 1 N–H and O–H groups in total. The molecular weight excluding hydrogens is 338 g/mol. The quantitative estimate of drug-likeness (QED) is 0.892. The first-order valence-electron chi connectivity index (χ1n) is 9.93. The van der Waals surface area contributed by atoms with Crippen LogP contribution in [0.15, 0.2) is 36.5 Å². The number of ether oxygens (including phenoxy) is 1. The SMILES string of the molecule is CC(C)(C)OC(=O)NC1CCC2CN(Cc3cnc4ccccc4c3)CC21. The van der Waals surface area contributed by atoms with Crippen LogP contribution in [0.5, 0.6) is 0 Å². The molecule has 5 heteroatoms. The molecule has 5 nitrogen and oxygen atoms in total. The second-order valence-corrected chi connectivity index (χ2v) is 8.98. The molecule has 144 valence electrons. The largest absolute Gasteiger partial charge is 0.444 e. The first-order valence-corrected chi connectivity index (χ1v) is 9.93. The van der Waals surface area contributed by atoms with E-state index in [-0.39, 0.29) is 12.1 Å². The van der Waals surface area contributed by atoms with Crippen molar-refractivity contribution < 1.29 is 9.53 Å².